The van der Waals surface area contributed by atoms with E-state index in [1.165, 1.54) is 0 Å². The number of aliphatic hydroxyl groups is 1. The van der Waals surface area contributed by atoms with Crippen LogP contribution in [-0.4, -0.2) is 35.6 Å². The number of hydrogen-bond acceptors (Lipinski definition) is 3. The van der Waals surface area contributed by atoms with Gasteiger partial charge < -0.3 is 15.7 Å². The summed E-state index contributed by atoms with van der Waals surface area (Å²) in [4.78, 5) is 23.8. The first-order valence-electron chi connectivity index (χ1n) is 7.00. The number of rotatable bonds is 6. The van der Waals surface area contributed by atoms with Crippen LogP contribution in [-0.2, 0) is 4.79 Å². The summed E-state index contributed by atoms with van der Waals surface area (Å²) in [5, 5.41) is 15.5. The molecule has 1 fully saturated rings. The molecule has 1 aliphatic carbocycles. The topological polar surface area (TPSA) is 78.4 Å². The third-order valence-corrected chi connectivity index (χ3v) is 3.81. The highest BCUT2D eigenvalue weighted by Gasteiger charge is 2.27. The molecule has 0 spiro atoms. The maximum absolute atomic E-state index is 12.0. The lowest BCUT2D eigenvalue weighted by atomic mass is 10.1. The van der Waals surface area contributed by atoms with E-state index in [9.17, 15) is 14.7 Å². The lowest BCUT2D eigenvalue weighted by molar-refractivity contribution is -0.130. The standard InChI is InChI=1S/C15H19ClN2O3/c1-9(13(19)15(21)17-8-10-6-7-10)18-14(20)11-4-2-3-5-12(11)16/h2-5,9-10,13,19H,6-8H2,1H3,(H,17,21)(H,18,20). The Morgan fingerprint density at radius 2 is 2.05 bits per heavy atom. The Hall–Kier alpha value is -1.59. The van der Waals surface area contributed by atoms with E-state index >= 15 is 0 Å². The van der Waals surface area contributed by atoms with E-state index in [2.05, 4.69) is 10.6 Å². The van der Waals surface area contributed by atoms with E-state index in [1.807, 2.05) is 0 Å². The van der Waals surface area contributed by atoms with Crippen LogP contribution in [0.15, 0.2) is 24.3 Å². The minimum Gasteiger partial charge on any atom is -0.381 e. The lowest BCUT2D eigenvalue weighted by Gasteiger charge is -2.20. The molecule has 0 radical (unpaired) electrons. The quantitative estimate of drug-likeness (QED) is 0.742. The molecule has 2 rings (SSSR count). The highest BCUT2D eigenvalue weighted by Crippen LogP contribution is 2.27. The van der Waals surface area contributed by atoms with Crippen LogP contribution >= 0.6 is 11.6 Å². The predicted molar refractivity (Wildman–Crippen MR) is 80.1 cm³/mol. The molecule has 21 heavy (non-hydrogen) atoms. The Balaban J connectivity index is 1.87. The normalized spacial score (nSPS) is 16.9. The molecule has 1 aromatic rings. The van der Waals surface area contributed by atoms with Crippen LogP contribution in [0.3, 0.4) is 0 Å². The number of nitrogens with one attached hydrogen (secondary N) is 2. The van der Waals surface area contributed by atoms with Gasteiger partial charge in [-0.25, -0.2) is 0 Å². The molecule has 0 saturated heterocycles. The summed E-state index contributed by atoms with van der Waals surface area (Å²) in [5.74, 6) is -0.342. The SMILES string of the molecule is CC(NC(=O)c1ccccc1Cl)C(O)C(=O)NCC1CC1. The lowest BCUT2D eigenvalue weighted by Crippen LogP contribution is -2.49. The molecule has 1 saturated carbocycles. The van der Waals surface area contributed by atoms with Crippen molar-refractivity contribution in [2.45, 2.75) is 31.9 Å². The first kappa shape index (κ1) is 15.8. The van der Waals surface area contributed by atoms with E-state index in [0.717, 1.165) is 12.8 Å². The van der Waals surface area contributed by atoms with Crippen LogP contribution in [0.5, 0.6) is 0 Å². The summed E-state index contributed by atoms with van der Waals surface area (Å²) in [6.45, 7) is 2.16. The van der Waals surface area contributed by atoms with Gasteiger partial charge in [-0.2, -0.15) is 0 Å². The summed E-state index contributed by atoms with van der Waals surface area (Å²) >= 11 is 5.93. The van der Waals surface area contributed by atoms with Crippen molar-refractivity contribution in [3.63, 3.8) is 0 Å². The molecule has 0 bridgehead atoms. The van der Waals surface area contributed by atoms with Gasteiger partial charge in [-0.15, -0.1) is 0 Å². The van der Waals surface area contributed by atoms with Crippen LogP contribution in [0.25, 0.3) is 0 Å². The van der Waals surface area contributed by atoms with E-state index < -0.39 is 24.0 Å². The molecule has 0 aliphatic heterocycles. The molecule has 0 aromatic heterocycles. The van der Waals surface area contributed by atoms with Gasteiger partial charge in [-0.3, -0.25) is 9.59 Å². The van der Waals surface area contributed by atoms with E-state index in [1.54, 1.807) is 31.2 Å². The van der Waals surface area contributed by atoms with Gasteiger partial charge in [-0.1, -0.05) is 23.7 Å². The molecule has 2 atom stereocenters. The van der Waals surface area contributed by atoms with Crippen molar-refractivity contribution in [3.05, 3.63) is 34.9 Å². The second-order valence-electron chi connectivity index (χ2n) is 5.38. The minimum atomic E-state index is -1.28. The second-order valence-corrected chi connectivity index (χ2v) is 5.78. The number of aliphatic hydroxyl groups excluding tert-OH is 1. The van der Waals surface area contributed by atoms with Crippen LogP contribution < -0.4 is 10.6 Å². The maximum atomic E-state index is 12.0. The second kappa shape index (κ2) is 6.91. The zero-order valence-corrected chi connectivity index (χ0v) is 12.6. The van der Waals surface area contributed by atoms with Gasteiger partial charge in [0, 0.05) is 6.54 Å². The molecule has 1 aromatic carbocycles. The van der Waals surface area contributed by atoms with Crippen molar-refractivity contribution < 1.29 is 14.7 Å². The summed E-state index contributed by atoms with van der Waals surface area (Å²) in [6, 6.07) is 5.92. The first-order valence-corrected chi connectivity index (χ1v) is 7.38. The molecule has 6 heteroatoms. The van der Waals surface area contributed by atoms with Crippen LogP contribution in [0.1, 0.15) is 30.1 Å². The highest BCUT2D eigenvalue weighted by molar-refractivity contribution is 6.33. The molecule has 0 heterocycles. The van der Waals surface area contributed by atoms with Crippen molar-refractivity contribution in [3.8, 4) is 0 Å². The third-order valence-electron chi connectivity index (χ3n) is 3.48. The number of carbonyl (C=O) groups excluding carboxylic acids is 2. The van der Waals surface area contributed by atoms with Crippen LogP contribution in [0, 0.1) is 5.92 Å². The van der Waals surface area contributed by atoms with Crippen molar-refractivity contribution in [1.29, 1.82) is 0 Å². The number of amides is 2. The fraction of sp³-hybridized carbons (Fsp3) is 0.467. The van der Waals surface area contributed by atoms with E-state index in [0.29, 0.717) is 23.0 Å². The van der Waals surface area contributed by atoms with Crippen LogP contribution in [0.4, 0.5) is 0 Å². The number of hydrogen-bond donors (Lipinski definition) is 3. The van der Waals surface area contributed by atoms with Crippen molar-refractivity contribution in [2.24, 2.45) is 5.92 Å². The monoisotopic (exact) mass is 310 g/mol. The summed E-state index contributed by atoms with van der Waals surface area (Å²) in [6.07, 6.45) is 0.958. The van der Waals surface area contributed by atoms with Gasteiger partial charge in [-0.05, 0) is 37.8 Å². The van der Waals surface area contributed by atoms with Gasteiger partial charge in [0.15, 0.2) is 6.10 Å². The zero-order chi connectivity index (χ0) is 15.4. The fourth-order valence-corrected chi connectivity index (χ4v) is 2.13. The largest absolute Gasteiger partial charge is 0.381 e. The average molecular weight is 311 g/mol. The molecular weight excluding hydrogens is 292 g/mol. The molecule has 1 aliphatic rings. The number of carbonyl (C=O) groups is 2. The summed E-state index contributed by atoms with van der Waals surface area (Å²) in [7, 11) is 0. The van der Waals surface area contributed by atoms with Crippen molar-refractivity contribution in [1.82, 2.24) is 10.6 Å². The Kier molecular flexibility index (Phi) is 5.20. The van der Waals surface area contributed by atoms with Gasteiger partial charge in [0.05, 0.1) is 16.6 Å². The van der Waals surface area contributed by atoms with Gasteiger partial charge in [0.2, 0.25) is 0 Å². The first-order chi connectivity index (χ1) is 9.99. The Bertz CT molecular complexity index is 531. The van der Waals surface area contributed by atoms with E-state index in [4.69, 9.17) is 11.6 Å². The summed E-state index contributed by atoms with van der Waals surface area (Å²) in [5.41, 5.74) is 0.316. The molecule has 3 N–H and O–H groups in total. The Labute approximate surface area is 128 Å². The van der Waals surface area contributed by atoms with Crippen molar-refractivity contribution in [2.75, 3.05) is 6.54 Å². The average Bonchev–Trinajstić information content (AvgIpc) is 3.28. The Morgan fingerprint density at radius 1 is 1.38 bits per heavy atom. The smallest absolute Gasteiger partial charge is 0.253 e. The molecule has 114 valence electrons. The van der Waals surface area contributed by atoms with E-state index in [-0.39, 0.29) is 0 Å². The van der Waals surface area contributed by atoms with Gasteiger partial charge in [0.25, 0.3) is 11.8 Å². The van der Waals surface area contributed by atoms with Gasteiger partial charge in [0.1, 0.15) is 0 Å². The third kappa shape index (κ3) is 4.44. The predicted octanol–water partition coefficient (Wildman–Crippen LogP) is 1.35. The zero-order valence-electron chi connectivity index (χ0n) is 11.8. The molecular formula is C15H19ClN2O3. The highest BCUT2D eigenvalue weighted by atomic mass is 35.5. The molecule has 2 amide bonds. The minimum absolute atomic E-state index is 0.316. The maximum Gasteiger partial charge on any atom is 0.253 e. The number of benzene rings is 1. The number of halogens is 1. The molecule has 5 nitrogen and oxygen atoms in total. The molecule has 2 unspecified atom stereocenters. The van der Waals surface area contributed by atoms with Crippen LogP contribution in [0.2, 0.25) is 5.02 Å². The van der Waals surface area contributed by atoms with Crippen molar-refractivity contribution >= 4 is 23.4 Å². The summed E-state index contributed by atoms with van der Waals surface area (Å²) < 4.78 is 0. The Morgan fingerprint density at radius 3 is 2.67 bits per heavy atom. The fourth-order valence-electron chi connectivity index (χ4n) is 1.91. The van der Waals surface area contributed by atoms with Gasteiger partial charge >= 0.3 is 0 Å².